The lowest BCUT2D eigenvalue weighted by molar-refractivity contribution is 0.0950. The summed E-state index contributed by atoms with van der Waals surface area (Å²) in [7, 11) is 0. The molecule has 1 amide bonds. The summed E-state index contributed by atoms with van der Waals surface area (Å²) in [4.78, 5) is 16.4. The van der Waals surface area contributed by atoms with Gasteiger partial charge in [0, 0.05) is 29.1 Å². The Labute approximate surface area is 144 Å². The molecule has 1 aromatic carbocycles. The first-order valence-electron chi connectivity index (χ1n) is 7.56. The number of fused-ring (bicyclic) bond motifs is 1. The van der Waals surface area contributed by atoms with Gasteiger partial charge in [-0.3, -0.25) is 4.79 Å². The van der Waals surface area contributed by atoms with Gasteiger partial charge in [-0.05, 0) is 18.1 Å². The SMILES string of the molecule is CCCNC(=O)c1ncc2c(-c3ccnnc3Cl)cccc2c1N. The number of carbonyl (C=O) groups is 1. The van der Waals surface area contributed by atoms with Crippen LogP contribution in [0.15, 0.2) is 36.7 Å². The van der Waals surface area contributed by atoms with Gasteiger partial charge in [0.15, 0.2) is 10.8 Å². The maximum Gasteiger partial charge on any atom is 0.272 e. The first-order valence-corrected chi connectivity index (χ1v) is 7.94. The van der Waals surface area contributed by atoms with Crippen LogP contribution in [-0.2, 0) is 0 Å². The van der Waals surface area contributed by atoms with Crippen LogP contribution < -0.4 is 11.1 Å². The number of amides is 1. The molecule has 122 valence electrons. The molecule has 2 heterocycles. The monoisotopic (exact) mass is 341 g/mol. The van der Waals surface area contributed by atoms with Crippen molar-refractivity contribution in [2.45, 2.75) is 13.3 Å². The lowest BCUT2D eigenvalue weighted by Crippen LogP contribution is -2.26. The minimum atomic E-state index is -0.273. The number of pyridine rings is 1. The summed E-state index contributed by atoms with van der Waals surface area (Å²) < 4.78 is 0. The Balaban J connectivity index is 2.15. The van der Waals surface area contributed by atoms with E-state index in [0.717, 1.165) is 28.3 Å². The van der Waals surface area contributed by atoms with Crippen LogP contribution >= 0.6 is 11.6 Å². The molecule has 0 saturated heterocycles. The fourth-order valence-electron chi connectivity index (χ4n) is 2.52. The average Bonchev–Trinajstić information content (AvgIpc) is 2.60. The van der Waals surface area contributed by atoms with Gasteiger partial charge in [0.2, 0.25) is 0 Å². The fraction of sp³-hybridized carbons (Fsp3) is 0.176. The molecule has 0 aliphatic heterocycles. The number of halogens is 1. The van der Waals surface area contributed by atoms with Crippen molar-refractivity contribution >= 4 is 34.0 Å². The Bertz CT molecular complexity index is 913. The molecule has 0 spiro atoms. The number of anilines is 1. The van der Waals surface area contributed by atoms with Crippen LogP contribution in [0.5, 0.6) is 0 Å². The molecule has 3 aromatic rings. The zero-order chi connectivity index (χ0) is 17.1. The largest absolute Gasteiger partial charge is 0.396 e. The second-order valence-corrected chi connectivity index (χ2v) is 5.64. The molecule has 2 aromatic heterocycles. The third kappa shape index (κ3) is 2.88. The highest BCUT2D eigenvalue weighted by molar-refractivity contribution is 6.32. The first-order chi connectivity index (χ1) is 11.6. The molecule has 0 aliphatic carbocycles. The van der Waals surface area contributed by atoms with E-state index in [1.165, 1.54) is 0 Å². The van der Waals surface area contributed by atoms with Crippen LogP contribution in [0.25, 0.3) is 21.9 Å². The molecule has 7 heteroatoms. The molecular formula is C17H16ClN5O. The standard InChI is InChI=1S/C17H16ClN5O/c1-2-7-20-17(24)15-14(19)11-5-3-4-10(13(11)9-21-15)12-6-8-22-23-16(12)18/h3-6,8-9H,2,7,19H2,1H3,(H,20,24). The molecule has 0 bridgehead atoms. The number of nitrogens with two attached hydrogens (primary N) is 1. The third-order valence-electron chi connectivity index (χ3n) is 3.69. The van der Waals surface area contributed by atoms with Crippen molar-refractivity contribution in [1.82, 2.24) is 20.5 Å². The molecule has 0 aliphatic rings. The highest BCUT2D eigenvalue weighted by Crippen LogP contribution is 2.34. The van der Waals surface area contributed by atoms with Crippen molar-refractivity contribution in [3.8, 4) is 11.1 Å². The number of hydrogen-bond donors (Lipinski definition) is 2. The second kappa shape index (κ2) is 6.80. The van der Waals surface area contributed by atoms with E-state index in [1.807, 2.05) is 25.1 Å². The van der Waals surface area contributed by atoms with Crippen LogP contribution in [0.3, 0.4) is 0 Å². The summed E-state index contributed by atoms with van der Waals surface area (Å²) in [5, 5.41) is 12.3. The maximum atomic E-state index is 12.2. The Morgan fingerprint density at radius 1 is 1.25 bits per heavy atom. The minimum Gasteiger partial charge on any atom is -0.396 e. The molecule has 0 radical (unpaired) electrons. The fourth-order valence-corrected chi connectivity index (χ4v) is 2.73. The second-order valence-electron chi connectivity index (χ2n) is 5.28. The Kier molecular flexibility index (Phi) is 4.57. The summed E-state index contributed by atoms with van der Waals surface area (Å²) >= 11 is 6.15. The number of hydrogen-bond acceptors (Lipinski definition) is 5. The smallest absolute Gasteiger partial charge is 0.272 e. The zero-order valence-corrected chi connectivity index (χ0v) is 13.8. The molecule has 3 rings (SSSR count). The van der Waals surface area contributed by atoms with Gasteiger partial charge in [-0.1, -0.05) is 36.7 Å². The van der Waals surface area contributed by atoms with Crippen LogP contribution in [-0.4, -0.2) is 27.6 Å². The highest BCUT2D eigenvalue weighted by atomic mass is 35.5. The van der Waals surface area contributed by atoms with Crippen molar-refractivity contribution in [3.63, 3.8) is 0 Å². The first kappa shape index (κ1) is 16.1. The van der Waals surface area contributed by atoms with Crippen molar-refractivity contribution in [3.05, 3.63) is 47.5 Å². The van der Waals surface area contributed by atoms with Crippen molar-refractivity contribution in [1.29, 1.82) is 0 Å². The van der Waals surface area contributed by atoms with E-state index >= 15 is 0 Å². The number of nitrogens with one attached hydrogen (secondary N) is 1. The number of nitrogens with zero attached hydrogens (tertiary/aromatic N) is 3. The van der Waals surface area contributed by atoms with Gasteiger partial charge in [-0.2, -0.15) is 5.10 Å². The lowest BCUT2D eigenvalue weighted by atomic mass is 9.99. The summed E-state index contributed by atoms with van der Waals surface area (Å²) in [6.45, 7) is 2.56. The topological polar surface area (TPSA) is 93.8 Å². The van der Waals surface area contributed by atoms with Gasteiger partial charge in [0.05, 0.1) is 11.9 Å². The summed E-state index contributed by atoms with van der Waals surface area (Å²) in [5.74, 6) is -0.273. The Hall–Kier alpha value is -2.73. The van der Waals surface area contributed by atoms with Crippen LogP contribution in [0, 0.1) is 0 Å². The van der Waals surface area contributed by atoms with Crippen LogP contribution in [0.4, 0.5) is 5.69 Å². The normalized spacial score (nSPS) is 10.8. The maximum absolute atomic E-state index is 12.2. The van der Waals surface area contributed by atoms with E-state index in [-0.39, 0.29) is 11.6 Å². The molecule has 24 heavy (non-hydrogen) atoms. The van der Waals surface area contributed by atoms with Gasteiger partial charge < -0.3 is 11.1 Å². The van der Waals surface area contributed by atoms with E-state index in [4.69, 9.17) is 17.3 Å². The number of rotatable bonds is 4. The van der Waals surface area contributed by atoms with E-state index in [0.29, 0.717) is 17.4 Å². The molecule has 3 N–H and O–H groups in total. The van der Waals surface area contributed by atoms with Crippen LogP contribution in [0.2, 0.25) is 5.15 Å². The van der Waals surface area contributed by atoms with Crippen molar-refractivity contribution < 1.29 is 4.79 Å². The number of aromatic nitrogens is 3. The van der Waals surface area contributed by atoms with E-state index in [9.17, 15) is 4.79 Å². The molecule has 0 fully saturated rings. The zero-order valence-electron chi connectivity index (χ0n) is 13.1. The highest BCUT2D eigenvalue weighted by Gasteiger charge is 2.16. The molecule has 0 atom stereocenters. The summed E-state index contributed by atoms with van der Waals surface area (Å²) in [6.07, 6.45) is 4.05. The Morgan fingerprint density at radius 2 is 2.08 bits per heavy atom. The number of nitrogen functional groups attached to an aromatic ring is 1. The van der Waals surface area contributed by atoms with Crippen molar-refractivity contribution in [2.24, 2.45) is 0 Å². The van der Waals surface area contributed by atoms with E-state index in [2.05, 4.69) is 20.5 Å². The number of benzene rings is 1. The molecule has 6 nitrogen and oxygen atoms in total. The summed E-state index contributed by atoms with van der Waals surface area (Å²) in [5.41, 5.74) is 8.35. The van der Waals surface area contributed by atoms with E-state index in [1.54, 1.807) is 18.5 Å². The molecular weight excluding hydrogens is 326 g/mol. The minimum absolute atomic E-state index is 0.229. The average molecular weight is 342 g/mol. The lowest BCUT2D eigenvalue weighted by Gasteiger charge is -2.12. The van der Waals surface area contributed by atoms with Gasteiger partial charge in [-0.25, -0.2) is 4.98 Å². The predicted octanol–water partition coefficient (Wildman–Crippen LogP) is 3.07. The molecule has 0 unspecified atom stereocenters. The van der Waals surface area contributed by atoms with E-state index < -0.39 is 0 Å². The number of carbonyl (C=O) groups excluding carboxylic acids is 1. The van der Waals surface area contributed by atoms with Gasteiger partial charge in [0.25, 0.3) is 5.91 Å². The quantitative estimate of drug-likeness (QED) is 0.760. The third-order valence-corrected chi connectivity index (χ3v) is 3.97. The summed E-state index contributed by atoms with van der Waals surface area (Å²) in [6, 6.07) is 7.40. The van der Waals surface area contributed by atoms with Gasteiger partial charge in [0.1, 0.15) is 0 Å². The Morgan fingerprint density at radius 3 is 2.83 bits per heavy atom. The van der Waals surface area contributed by atoms with Gasteiger partial charge in [-0.15, -0.1) is 5.10 Å². The van der Waals surface area contributed by atoms with Crippen molar-refractivity contribution in [2.75, 3.05) is 12.3 Å². The van der Waals surface area contributed by atoms with Crippen LogP contribution in [0.1, 0.15) is 23.8 Å². The molecule has 0 saturated carbocycles. The van der Waals surface area contributed by atoms with Gasteiger partial charge >= 0.3 is 0 Å². The predicted molar refractivity (Wildman–Crippen MR) is 94.8 cm³/mol.